The molecule has 0 aromatic heterocycles. The van der Waals surface area contributed by atoms with Crippen molar-refractivity contribution in [3.8, 4) is 5.75 Å². The minimum Gasteiger partial charge on any atom is -0.491 e. The smallest absolute Gasteiger partial charge is 0.120 e. The molecule has 1 atom stereocenters. The van der Waals surface area contributed by atoms with Gasteiger partial charge in [-0.25, -0.2) is 0 Å². The summed E-state index contributed by atoms with van der Waals surface area (Å²) >= 11 is 3.48. The second-order valence-corrected chi connectivity index (χ2v) is 5.43. The zero-order chi connectivity index (χ0) is 13.0. The summed E-state index contributed by atoms with van der Waals surface area (Å²) in [4.78, 5) is 0. The van der Waals surface area contributed by atoms with Gasteiger partial charge in [0.1, 0.15) is 5.75 Å². The van der Waals surface area contributed by atoms with E-state index < -0.39 is 0 Å². The molecule has 2 N–H and O–H groups in total. The van der Waals surface area contributed by atoms with E-state index in [1.165, 1.54) is 10.8 Å². The number of rotatable bonds is 5. The topological polar surface area (TPSA) is 35.2 Å². The van der Waals surface area contributed by atoms with Gasteiger partial charge in [0.15, 0.2) is 0 Å². The third kappa shape index (κ3) is 3.47. The van der Waals surface area contributed by atoms with Crippen molar-refractivity contribution in [2.75, 3.05) is 6.54 Å². The first kappa shape index (κ1) is 13.4. The lowest BCUT2D eigenvalue weighted by atomic mass is 10.1. The number of nitrogens with two attached hydrogens (primary N) is 1. The summed E-state index contributed by atoms with van der Waals surface area (Å²) in [7, 11) is 0. The molecule has 0 bridgehead atoms. The number of hydrogen-bond donors (Lipinski definition) is 1. The van der Waals surface area contributed by atoms with E-state index in [2.05, 4.69) is 47.1 Å². The van der Waals surface area contributed by atoms with E-state index in [0.717, 1.165) is 29.6 Å². The highest BCUT2D eigenvalue weighted by Gasteiger charge is 2.04. The van der Waals surface area contributed by atoms with Crippen LogP contribution in [0.1, 0.15) is 19.8 Å². The average Bonchev–Trinajstić information content (AvgIpc) is 2.36. The van der Waals surface area contributed by atoms with E-state index in [9.17, 15) is 0 Å². The summed E-state index contributed by atoms with van der Waals surface area (Å²) in [5, 5.41) is 2.41. The summed E-state index contributed by atoms with van der Waals surface area (Å²) in [5.74, 6) is 0.925. The molecule has 2 rings (SSSR count). The number of hydrogen-bond acceptors (Lipinski definition) is 2. The second kappa shape index (κ2) is 6.21. The third-order valence-corrected chi connectivity index (χ3v) is 3.42. The SMILES string of the molecule is CC(CCCN)Oc1ccc2cc(Br)ccc2c1. The van der Waals surface area contributed by atoms with Gasteiger partial charge in [-0.05, 0) is 61.3 Å². The van der Waals surface area contributed by atoms with E-state index in [4.69, 9.17) is 10.5 Å². The third-order valence-electron chi connectivity index (χ3n) is 2.93. The van der Waals surface area contributed by atoms with Crippen molar-refractivity contribution in [3.63, 3.8) is 0 Å². The van der Waals surface area contributed by atoms with Crippen molar-refractivity contribution >= 4 is 26.7 Å². The molecule has 1 unspecified atom stereocenters. The Bertz CT molecular complexity index is 527. The fourth-order valence-corrected chi connectivity index (χ4v) is 2.34. The van der Waals surface area contributed by atoms with Crippen LogP contribution in [0.3, 0.4) is 0 Å². The standard InChI is InChI=1S/C15H18BrNO/c1-11(3-2-8-17)18-15-7-5-12-9-14(16)6-4-13(12)10-15/h4-7,9-11H,2-3,8,17H2,1H3. The second-order valence-electron chi connectivity index (χ2n) is 4.51. The number of halogens is 1. The molecule has 0 heterocycles. The van der Waals surface area contributed by atoms with Crippen LogP contribution in [0.15, 0.2) is 40.9 Å². The molecule has 0 aliphatic carbocycles. The van der Waals surface area contributed by atoms with Gasteiger partial charge in [0.05, 0.1) is 6.10 Å². The molecule has 2 aromatic carbocycles. The normalized spacial score (nSPS) is 12.6. The maximum absolute atomic E-state index is 5.89. The van der Waals surface area contributed by atoms with E-state index in [0.29, 0.717) is 0 Å². The first-order chi connectivity index (χ1) is 8.69. The summed E-state index contributed by atoms with van der Waals surface area (Å²) in [6.45, 7) is 2.81. The molecule has 0 amide bonds. The van der Waals surface area contributed by atoms with Crippen LogP contribution in [-0.2, 0) is 0 Å². The average molecular weight is 308 g/mol. The molecule has 0 aliphatic rings. The van der Waals surface area contributed by atoms with Gasteiger partial charge in [0, 0.05) is 4.47 Å². The minimum atomic E-state index is 0.210. The van der Waals surface area contributed by atoms with Crippen molar-refractivity contribution in [2.45, 2.75) is 25.9 Å². The molecular weight excluding hydrogens is 290 g/mol. The quantitative estimate of drug-likeness (QED) is 0.902. The Kier molecular flexibility index (Phi) is 4.61. The van der Waals surface area contributed by atoms with Gasteiger partial charge >= 0.3 is 0 Å². The van der Waals surface area contributed by atoms with Crippen LogP contribution in [0, 0.1) is 0 Å². The van der Waals surface area contributed by atoms with E-state index >= 15 is 0 Å². The van der Waals surface area contributed by atoms with Crippen molar-refractivity contribution < 1.29 is 4.74 Å². The van der Waals surface area contributed by atoms with Crippen molar-refractivity contribution in [1.29, 1.82) is 0 Å². The highest BCUT2D eigenvalue weighted by Crippen LogP contribution is 2.25. The Morgan fingerprint density at radius 2 is 1.89 bits per heavy atom. The van der Waals surface area contributed by atoms with E-state index in [1.54, 1.807) is 0 Å². The summed E-state index contributed by atoms with van der Waals surface area (Å²) in [6, 6.07) is 12.4. The molecule has 2 nitrogen and oxygen atoms in total. The van der Waals surface area contributed by atoms with Crippen LogP contribution in [0.25, 0.3) is 10.8 Å². The largest absolute Gasteiger partial charge is 0.491 e. The first-order valence-corrected chi connectivity index (χ1v) is 7.04. The van der Waals surface area contributed by atoms with E-state index in [-0.39, 0.29) is 6.10 Å². The molecule has 0 saturated heterocycles. The summed E-state index contributed by atoms with van der Waals surface area (Å²) in [6.07, 6.45) is 2.21. The zero-order valence-corrected chi connectivity index (χ0v) is 12.1. The zero-order valence-electron chi connectivity index (χ0n) is 10.5. The molecule has 0 spiro atoms. The van der Waals surface area contributed by atoms with Crippen LogP contribution >= 0.6 is 15.9 Å². The maximum Gasteiger partial charge on any atom is 0.120 e. The number of fused-ring (bicyclic) bond motifs is 1. The van der Waals surface area contributed by atoms with Gasteiger partial charge < -0.3 is 10.5 Å². The Balaban J connectivity index is 2.12. The molecule has 0 radical (unpaired) electrons. The Labute approximate surface area is 116 Å². The van der Waals surface area contributed by atoms with Crippen molar-refractivity contribution in [3.05, 3.63) is 40.9 Å². The van der Waals surface area contributed by atoms with Gasteiger partial charge in [-0.3, -0.25) is 0 Å². The fraction of sp³-hybridized carbons (Fsp3) is 0.333. The molecule has 0 fully saturated rings. The molecule has 2 aromatic rings. The van der Waals surface area contributed by atoms with Gasteiger partial charge in [-0.2, -0.15) is 0 Å². The number of ether oxygens (including phenoxy) is 1. The molecule has 0 aliphatic heterocycles. The van der Waals surface area contributed by atoms with Gasteiger partial charge in [0.25, 0.3) is 0 Å². The molecule has 3 heteroatoms. The van der Waals surface area contributed by atoms with Crippen LogP contribution in [0.5, 0.6) is 5.75 Å². The van der Waals surface area contributed by atoms with Gasteiger partial charge in [0.2, 0.25) is 0 Å². The van der Waals surface area contributed by atoms with Crippen LogP contribution in [-0.4, -0.2) is 12.6 Å². The molecular formula is C15H18BrNO. The lowest BCUT2D eigenvalue weighted by Gasteiger charge is -2.14. The first-order valence-electron chi connectivity index (χ1n) is 6.25. The van der Waals surface area contributed by atoms with Gasteiger partial charge in [-0.1, -0.05) is 28.1 Å². The molecule has 18 heavy (non-hydrogen) atoms. The van der Waals surface area contributed by atoms with Crippen LogP contribution in [0.2, 0.25) is 0 Å². The summed E-state index contributed by atoms with van der Waals surface area (Å²) < 4.78 is 6.98. The highest BCUT2D eigenvalue weighted by atomic mass is 79.9. The maximum atomic E-state index is 5.89. The minimum absolute atomic E-state index is 0.210. The number of benzene rings is 2. The summed E-state index contributed by atoms with van der Waals surface area (Å²) in [5.41, 5.74) is 5.50. The Morgan fingerprint density at radius 1 is 1.17 bits per heavy atom. The van der Waals surface area contributed by atoms with Crippen molar-refractivity contribution in [1.82, 2.24) is 0 Å². The highest BCUT2D eigenvalue weighted by molar-refractivity contribution is 9.10. The Hall–Kier alpha value is -1.06. The van der Waals surface area contributed by atoms with Crippen molar-refractivity contribution in [2.24, 2.45) is 5.73 Å². The molecule has 96 valence electrons. The monoisotopic (exact) mass is 307 g/mol. The van der Waals surface area contributed by atoms with E-state index in [1.807, 2.05) is 12.1 Å². The van der Waals surface area contributed by atoms with Crippen LogP contribution in [0.4, 0.5) is 0 Å². The lowest BCUT2D eigenvalue weighted by Crippen LogP contribution is -2.13. The lowest BCUT2D eigenvalue weighted by molar-refractivity contribution is 0.209. The molecule has 0 saturated carbocycles. The fourth-order valence-electron chi connectivity index (χ4n) is 1.96. The predicted octanol–water partition coefficient (Wildman–Crippen LogP) is 4.11. The van der Waals surface area contributed by atoms with Crippen LogP contribution < -0.4 is 10.5 Å². The van der Waals surface area contributed by atoms with Gasteiger partial charge in [-0.15, -0.1) is 0 Å². The Morgan fingerprint density at radius 3 is 2.67 bits per heavy atom. The predicted molar refractivity (Wildman–Crippen MR) is 80.0 cm³/mol.